The molecule has 4 aliphatic rings. The molecule has 5 rings (SSSR count). The number of aliphatic hydroxyl groups excluding tert-OH is 3. The first-order valence-corrected chi connectivity index (χ1v) is 13.5. The molecule has 0 radical (unpaired) electrons. The van der Waals surface area contributed by atoms with E-state index < -0.39 is 63.6 Å². The van der Waals surface area contributed by atoms with Gasteiger partial charge in [0.2, 0.25) is 0 Å². The lowest BCUT2D eigenvalue weighted by Gasteiger charge is -2.59. The van der Waals surface area contributed by atoms with Crippen LogP contribution in [-0.4, -0.2) is 67.6 Å². The summed E-state index contributed by atoms with van der Waals surface area (Å²) in [5, 5.41) is 53.1. The third-order valence-electron chi connectivity index (χ3n) is 8.57. The fourth-order valence-electron chi connectivity index (χ4n) is 6.67. The maximum absolute atomic E-state index is 13.5. The predicted molar refractivity (Wildman–Crippen MR) is 149 cm³/mol. The smallest absolute Gasteiger partial charge is 0.255 e. The number of nitrogens with one attached hydrogen (secondary N) is 2. The normalized spacial score (nSPS) is 30.4. The number of aliphatic hydroxyl groups is 4. The number of allylic oxidation sites excluding steroid dienone is 5. The van der Waals surface area contributed by atoms with Crippen LogP contribution >= 0.6 is 0 Å². The summed E-state index contributed by atoms with van der Waals surface area (Å²) in [6.07, 6.45) is 8.19. The van der Waals surface area contributed by atoms with E-state index in [4.69, 9.17) is 5.73 Å². The molecular formula is C30H33N4O7-. The van der Waals surface area contributed by atoms with Crippen LogP contribution in [0.2, 0.25) is 0 Å². The van der Waals surface area contributed by atoms with Crippen molar-refractivity contribution in [2.45, 2.75) is 44.8 Å². The Kier molecular flexibility index (Phi) is 7.14. The quantitative estimate of drug-likeness (QED) is 0.191. The molecular weight excluding hydrogens is 528 g/mol. The van der Waals surface area contributed by atoms with Crippen molar-refractivity contribution in [3.05, 3.63) is 88.2 Å². The summed E-state index contributed by atoms with van der Waals surface area (Å²) in [6.45, 7) is 4.11. The number of fused-ring (bicyclic) bond motifs is 2. The molecule has 0 saturated heterocycles. The standard InChI is InChI=1S/C30H33N4O7/c1-3-9-33-23-18-12-29(14-34-16-6-5-10-32-13-16)11-17-15(4-2)7-8-19(35)20(17)24(36)22(29)27(39)30(18,41)26(38)21(25(23)37)28(31)40/h4-8,10,13,18,23,33-34,36,38-39,41H,3,9,11-12,14H2,1-2H3,(H2,31,40)/q-1. The molecule has 11 heteroatoms. The third kappa shape index (κ3) is 4.19. The van der Waals surface area contributed by atoms with Crippen molar-refractivity contribution in [3.63, 3.8) is 0 Å². The monoisotopic (exact) mass is 561 g/mol. The van der Waals surface area contributed by atoms with Crippen LogP contribution in [0.3, 0.4) is 0 Å². The highest BCUT2D eigenvalue weighted by atomic mass is 16.4. The Morgan fingerprint density at radius 3 is 2.66 bits per heavy atom. The van der Waals surface area contributed by atoms with Gasteiger partial charge in [-0.05, 0) is 50.0 Å². The zero-order chi connectivity index (χ0) is 29.7. The lowest BCUT2D eigenvalue weighted by Crippen LogP contribution is -2.65. The van der Waals surface area contributed by atoms with E-state index in [1.807, 2.05) is 13.0 Å². The number of hydrogen-bond acceptors (Lipinski definition) is 10. The van der Waals surface area contributed by atoms with Crippen molar-refractivity contribution in [2.24, 2.45) is 17.1 Å². The van der Waals surface area contributed by atoms with Gasteiger partial charge in [0.25, 0.3) is 5.91 Å². The summed E-state index contributed by atoms with van der Waals surface area (Å²) in [4.78, 5) is 43.0. The second-order valence-electron chi connectivity index (χ2n) is 10.9. The van der Waals surface area contributed by atoms with Gasteiger partial charge in [-0.25, -0.2) is 0 Å². The summed E-state index contributed by atoms with van der Waals surface area (Å²) in [6, 6.07) is 2.33. The highest BCUT2D eigenvalue weighted by Gasteiger charge is 2.62. The Hall–Kier alpha value is -4.19. The number of carbonyl (C=O) groups is 3. The number of rotatable bonds is 7. The number of pyridine rings is 1. The number of carbonyl (C=O) groups excluding carboxylic acids is 3. The predicted octanol–water partition coefficient (Wildman–Crippen LogP) is 1.98. The van der Waals surface area contributed by atoms with E-state index in [9.17, 15) is 34.8 Å². The number of anilines is 1. The highest BCUT2D eigenvalue weighted by molar-refractivity contribution is 6.22. The molecule has 1 amide bonds. The van der Waals surface area contributed by atoms with Crippen molar-refractivity contribution in [1.82, 2.24) is 10.3 Å². The zero-order valence-corrected chi connectivity index (χ0v) is 22.8. The number of nitrogens with two attached hydrogens (primary N) is 1. The average Bonchev–Trinajstić information content (AvgIpc) is 2.94. The first-order chi connectivity index (χ1) is 19.5. The van der Waals surface area contributed by atoms with Crippen molar-refractivity contribution >= 4 is 23.2 Å². The van der Waals surface area contributed by atoms with Crippen LogP contribution in [0.5, 0.6) is 0 Å². The first-order valence-electron chi connectivity index (χ1n) is 13.5. The second kappa shape index (κ2) is 10.3. The van der Waals surface area contributed by atoms with Gasteiger partial charge in [-0.1, -0.05) is 48.3 Å². The number of aromatic nitrogens is 1. The molecule has 0 aliphatic heterocycles. The molecule has 4 unspecified atom stereocenters. The maximum Gasteiger partial charge on any atom is 0.255 e. The zero-order valence-electron chi connectivity index (χ0n) is 22.8. The Morgan fingerprint density at radius 1 is 1.27 bits per heavy atom. The minimum absolute atomic E-state index is 0.0210. The van der Waals surface area contributed by atoms with Crippen LogP contribution in [0.15, 0.2) is 82.1 Å². The number of amides is 1. The van der Waals surface area contributed by atoms with Gasteiger partial charge in [0.1, 0.15) is 17.1 Å². The molecule has 4 atom stereocenters. The van der Waals surface area contributed by atoms with Gasteiger partial charge in [0.05, 0.1) is 17.5 Å². The molecule has 0 fully saturated rings. The van der Waals surface area contributed by atoms with E-state index in [0.717, 1.165) is 0 Å². The molecule has 11 nitrogen and oxygen atoms in total. The Labute approximate surface area is 236 Å². The summed E-state index contributed by atoms with van der Waals surface area (Å²) in [5.41, 5.74) is 2.56. The van der Waals surface area contributed by atoms with E-state index >= 15 is 0 Å². The van der Waals surface area contributed by atoms with Crippen molar-refractivity contribution in [2.75, 3.05) is 18.4 Å². The summed E-state index contributed by atoms with van der Waals surface area (Å²) >= 11 is 0. The fraction of sp³-hybridized carbons (Fsp3) is 0.367. The molecule has 41 heavy (non-hydrogen) atoms. The number of primary amides is 1. The molecule has 4 aliphatic carbocycles. The summed E-state index contributed by atoms with van der Waals surface area (Å²) in [5.74, 6) is -5.62. The first kappa shape index (κ1) is 28.3. The molecule has 0 spiro atoms. The Morgan fingerprint density at radius 2 is 2.02 bits per heavy atom. The molecule has 216 valence electrons. The van der Waals surface area contributed by atoms with Gasteiger partial charge in [-0.15, -0.1) is 5.57 Å². The van der Waals surface area contributed by atoms with Crippen molar-refractivity contribution in [1.29, 1.82) is 0 Å². The van der Waals surface area contributed by atoms with Crippen LogP contribution in [0.25, 0.3) is 0 Å². The number of hydrogen-bond donors (Lipinski definition) is 7. The minimum Gasteiger partial charge on any atom is -0.551 e. The highest BCUT2D eigenvalue weighted by Crippen LogP contribution is 2.61. The lowest BCUT2D eigenvalue weighted by atomic mass is 9.52. The SMILES string of the molecule is CC=C1C=CC(=O)C2=C1CC1(CNc3cccnc3)CC3C(NCCC)C(=O)C(C(N)=O)=C(O)C3(O)C(O)=C1[C-]2O. The van der Waals surface area contributed by atoms with Gasteiger partial charge >= 0.3 is 0 Å². The van der Waals surface area contributed by atoms with Crippen LogP contribution in [-0.2, 0) is 14.4 Å². The van der Waals surface area contributed by atoms with Gasteiger partial charge in [0, 0.05) is 24.9 Å². The van der Waals surface area contributed by atoms with Crippen LogP contribution < -0.4 is 16.4 Å². The van der Waals surface area contributed by atoms with Gasteiger partial charge in [0.15, 0.2) is 11.4 Å². The molecule has 1 aromatic rings. The molecule has 1 aromatic heterocycles. The van der Waals surface area contributed by atoms with E-state index in [1.54, 1.807) is 37.5 Å². The van der Waals surface area contributed by atoms with Gasteiger partial charge in [-0.3, -0.25) is 14.6 Å². The molecule has 0 saturated carbocycles. The average molecular weight is 562 g/mol. The van der Waals surface area contributed by atoms with E-state index in [2.05, 4.69) is 15.6 Å². The van der Waals surface area contributed by atoms with E-state index in [0.29, 0.717) is 29.8 Å². The van der Waals surface area contributed by atoms with Crippen LogP contribution in [0, 0.1) is 17.4 Å². The molecule has 1 heterocycles. The van der Waals surface area contributed by atoms with E-state index in [-0.39, 0.29) is 30.5 Å². The van der Waals surface area contributed by atoms with Crippen LogP contribution in [0.1, 0.15) is 33.1 Å². The molecule has 0 bridgehead atoms. The van der Waals surface area contributed by atoms with Crippen LogP contribution in [0.4, 0.5) is 5.69 Å². The maximum atomic E-state index is 13.5. The second-order valence-corrected chi connectivity index (χ2v) is 10.9. The summed E-state index contributed by atoms with van der Waals surface area (Å²) in [7, 11) is 0. The van der Waals surface area contributed by atoms with Gasteiger partial charge in [-0.2, -0.15) is 0 Å². The number of Topliss-reactive ketones (excluding diaryl/α,β-unsaturated/α-hetero) is 1. The number of nitrogens with zero attached hydrogens (tertiary/aromatic N) is 1. The lowest BCUT2D eigenvalue weighted by molar-refractivity contribution is -0.133. The molecule has 0 aromatic carbocycles. The Bertz CT molecular complexity index is 1470. The summed E-state index contributed by atoms with van der Waals surface area (Å²) < 4.78 is 0. The third-order valence-corrected chi connectivity index (χ3v) is 8.57. The largest absolute Gasteiger partial charge is 0.551 e. The number of ketones is 2. The van der Waals surface area contributed by atoms with Crippen molar-refractivity contribution < 1.29 is 34.8 Å². The van der Waals surface area contributed by atoms with Gasteiger partial charge < -0.3 is 41.6 Å². The Balaban J connectivity index is 1.77. The van der Waals surface area contributed by atoms with E-state index in [1.165, 1.54) is 6.08 Å². The topological polar surface area (TPSA) is 195 Å². The fourth-order valence-corrected chi connectivity index (χ4v) is 6.67. The molecule has 8 N–H and O–H groups in total. The van der Waals surface area contributed by atoms with Crippen molar-refractivity contribution in [3.8, 4) is 0 Å². The minimum atomic E-state index is -2.64.